The number of hydrogen-bond acceptors (Lipinski definition) is 3. The molecule has 0 spiro atoms. The van der Waals surface area contributed by atoms with Crippen LogP contribution >= 0.6 is 0 Å². The lowest BCUT2D eigenvalue weighted by molar-refractivity contribution is 1.08. The Bertz CT molecular complexity index is 234. The molecule has 0 heterocycles. The minimum Gasteiger partial charge on any atom is -0.269 e. The Hall–Kier alpha value is -1.25. The third-order valence-electron chi connectivity index (χ3n) is 1.30. The van der Waals surface area contributed by atoms with Gasteiger partial charge in [0.25, 0.3) is 0 Å². The summed E-state index contributed by atoms with van der Waals surface area (Å²) in [5.41, 5.74) is 1.88. The standard InChI is InChI=1S/C9H15N3/c1-5-9(12-10-4)8(3)7-11-6-2/h5-7H,1-4H3/b8-7-,9-5+,11-6?,12-10?. The quantitative estimate of drug-likeness (QED) is 0.350. The molecule has 3 heteroatoms. The van der Waals surface area contributed by atoms with E-state index in [1.54, 1.807) is 19.5 Å². The van der Waals surface area contributed by atoms with Gasteiger partial charge in [-0.05, 0) is 26.3 Å². The number of azo groups is 1. The highest BCUT2D eigenvalue weighted by atomic mass is 15.1. The van der Waals surface area contributed by atoms with E-state index >= 15 is 0 Å². The number of hydrogen-bond donors (Lipinski definition) is 0. The maximum atomic E-state index is 3.99. The summed E-state index contributed by atoms with van der Waals surface area (Å²) in [5.74, 6) is 0. The van der Waals surface area contributed by atoms with E-state index in [4.69, 9.17) is 0 Å². The van der Waals surface area contributed by atoms with Gasteiger partial charge in [-0.2, -0.15) is 10.2 Å². The van der Waals surface area contributed by atoms with Gasteiger partial charge in [-0.15, -0.1) is 0 Å². The van der Waals surface area contributed by atoms with Crippen LogP contribution < -0.4 is 0 Å². The first-order valence-electron chi connectivity index (χ1n) is 3.87. The zero-order valence-electron chi connectivity index (χ0n) is 8.07. The van der Waals surface area contributed by atoms with Gasteiger partial charge in [0.2, 0.25) is 0 Å². The van der Waals surface area contributed by atoms with Crippen LogP contribution in [0.1, 0.15) is 20.8 Å². The molecule has 0 saturated heterocycles. The highest BCUT2D eigenvalue weighted by molar-refractivity contribution is 5.54. The first-order valence-corrected chi connectivity index (χ1v) is 3.87. The molecule has 0 rings (SSSR count). The van der Waals surface area contributed by atoms with Crippen molar-refractivity contribution >= 4 is 6.21 Å². The summed E-state index contributed by atoms with van der Waals surface area (Å²) in [7, 11) is 1.65. The smallest absolute Gasteiger partial charge is 0.0854 e. The molecule has 0 aliphatic carbocycles. The van der Waals surface area contributed by atoms with Crippen LogP contribution in [0.4, 0.5) is 0 Å². The Balaban J connectivity index is 4.53. The normalized spacial score (nSPS) is 15.0. The molecule has 0 aromatic rings. The van der Waals surface area contributed by atoms with Crippen molar-refractivity contribution in [3.8, 4) is 0 Å². The molecule has 0 radical (unpaired) electrons. The zero-order valence-corrected chi connectivity index (χ0v) is 8.07. The fourth-order valence-corrected chi connectivity index (χ4v) is 0.724. The van der Waals surface area contributed by atoms with E-state index in [-0.39, 0.29) is 0 Å². The van der Waals surface area contributed by atoms with Crippen LogP contribution in [0, 0.1) is 0 Å². The second kappa shape index (κ2) is 6.46. The van der Waals surface area contributed by atoms with Gasteiger partial charge in [0.05, 0.1) is 5.70 Å². The van der Waals surface area contributed by atoms with Gasteiger partial charge in [-0.25, -0.2) is 0 Å². The van der Waals surface area contributed by atoms with Crippen molar-refractivity contribution in [2.75, 3.05) is 7.05 Å². The van der Waals surface area contributed by atoms with Crippen LogP contribution in [0.5, 0.6) is 0 Å². The van der Waals surface area contributed by atoms with E-state index in [1.165, 1.54) is 0 Å². The van der Waals surface area contributed by atoms with Gasteiger partial charge in [0.15, 0.2) is 0 Å². The maximum absolute atomic E-state index is 3.99. The molecule has 3 nitrogen and oxygen atoms in total. The topological polar surface area (TPSA) is 37.1 Å². The summed E-state index contributed by atoms with van der Waals surface area (Å²) in [6.45, 7) is 5.76. The molecule has 0 bridgehead atoms. The predicted molar refractivity (Wildman–Crippen MR) is 52.5 cm³/mol. The maximum Gasteiger partial charge on any atom is 0.0854 e. The molecular formula is C9H15N3. The Morgan fingerprint density at radius 3 is 2.33 bits per heavy atom. The zero-order chi connectivity index (χ0) is 9.40. The Labute approximate surface area is 73.6 Å². The summed E-state index contributed by atoms with van der Waals surface area (Å²) < 4.78 is 0. The SMILES string of the molecule is CC=N/C=C(C)\C(=C/C)N=NC. The largest absolute Gasteiger partial charge is 0.269 e. The van der Waals surface area contributed by atoms with Crippen molar-refractivity contribution in [3.05, 3.63) is 23.5 Å². The summed E-state index contributed by atoms with van der Waals surface area (Å²) >= 11 is 0. The van der Waals surface area contributed by atoms with Crippen molar-refractivity contribution in [1.82, 2.24) is 0 Å². The molecule has 0 amide bonds. The molecule has 0 saturated carbocycles. The number of aliphatic imine (C=N–C) groups is 1. The van der Waals surface area contributed by atoms with Crippen LogP contribution in [0.2, 0.25) is 0 Å². The Kier molecular flexibility index (Phi) is 5.79. The van der Waals surface area contributed by atoms with E-state index < -0.39 is 0 Å². The van der Waals surface area contributed by atoms with E-state index in [1.807, 2.05) is 26.8 Å². The highest BCUT2D eigenvalue weighted by Gasteiger charge is 1.94. The lowest BCUT2D eigenvalue weighted by Crippen LogP contribution is -1.79. The molecule has 0 aromatic heterocycles. The molecule has 66 valence electrons. The molecule has 0 unspecified atom stereocenters. The van der Waals surface area contributed by atoms with Crippen molar-refractivity contribution in [1.29, 1.82) is 0 Å². The monoisotopic (exact) mass is 165 g/mol. The first-order chi connectivity index (χ1) is 5.76. The molecule has 0 fully saturated rings. The number of rotatable bonds is 3. The molecule has 0 N–H and O–H groups in total. The fraction of sp³-hybridized carbons (Fsp3) is 0.444. The molecule has 0 aliphatic heterocycles. The summed E-state index contributed by atoms with van der Waals surface area (Å²) in [6, 6.07) is 0. The van der Waals surface area contributed by atoms with Crippen LogP contribution in [0.3, 0.4) is 0 Å². The van der Waals surface area contributed by atoms with E-state index in [0.717, 1.165) is 11.3 Å². The molecule has 0 atom stereocenters. The highest BCUT2D eigenvalue weighted by Crippen LogP contribution is 2.10. The summed E-state index contributed by atoms with van der Waals surface area (Å²) in [5, 5.41) is 7.64. The molecule has 0 aliphatic rings. The van der Waals surface area contributed by atoms with Gasteiger partial charge in [0.1, 0.15) is 0 Å². The van der Waals surface area contributed by atoms with Crippen LogP contribution in [-0.2, 0) is 0 Å². The van der Waals surface area contributed by atoms with Crippen LogP contribution in [0.15, 0.2) is 38.8 Å². The lowest BCUT2D eigenvalue weighted by atomic mass is 10.2. The van der Waals surface area contributed by atoms with Gasteiger partial charge >= 0.3 is 0 Å². The van der Waals surface area contributed by atoms with Gasteiger partial charge < -0.3 is 0 Å². The van der Waals surface area contributed by atoms with Crippen molar-refractivity contribution in [2.24, 2.45) is 15.2 Å². The van der Waals surface area contributed by atoms with E-state index in [0.29, 0.717) is 0 Å². The summed E-state index contributed by atoms with van der Waals surface area (Å²) in [6.07, 6.45) is 5.41. The minimum atomic E-state index is 0.864. The summed E-state index contributed by atoms with van der Waals surface area (Å²) in [4.78, 5) is 3.99. The second-order valence-electron chi connectivity index (χ2n) is 2.19. The predicted octanol–water partition coefficient (Wildman–Crippen LogP) is 2.97. The van der Waals surface area contributed by atoms with E-state index in [9.17, 15) is 0 Å². The first kappa shape index (κ1) is 10.8. The Morgan fingerprint density at radius 2 is 1.92 bits per heavy atom. The van der Waals surface area contributed by atoms with Gasteiger partial charge in [0, 0.05) is 19.5 Å². The number of allylic oxidation sites excluding steroid dienone is 2. The van der Waals surface area contributed by atoms with Crippen molar-refractivity contribution < 1.29 is 0 Å². The Morgan fingerprint density at radius 1 is 1.25 bits per heavy atom. The van der Waals surface area contributed by atoms with E-state index in [2.05, 4.69) is 15.2 Å². The average Bonchev–Trinajstić information content (AvgIpc) is 2.10. The third-order valence-corrected chi connectivity index (χ3v) is 1.30. The van der Waals surface area contributed by atoms with Crippen LogP contribution in [0.25, 0.3) is 0 Å². The number of nitrogens with zero attached hydrogens (tertiary/aromatic N) is 3. The molecule has 12 heavy (non-hydrogen) atoms. The fourth-order valence-electron chi connectivity index (χ4n) is 0.724. The lowest BCUT2D eigenvalue weighted by Gasteiger charge is -1.96. The van der Waals surface area contributed by atoms with Gasteiger partial charge in [-0.1, -0.05) is 6.08 Å². The van der Waals surface area contributed by atoms with Gasteiger partial charge in [-0.3, -0.25) is 4.99 Å². The van der Waals surface area contributed by atoms with Crippen LogP contribution in [-0.4, -0.2) is 13.3 Å². The van der Waals surface area contributed by atoms with Crippen molar-refractivity contribution in [2.45, 2.75) is 20.8 Å². The van der Waals surface area contributed by atoms with Crippen molar-refractivity contribution in [3.63, 3.8) is 0 Å². The average molecular weight is 165 g/mol. The third kappa shape index (κ3) is 3.81. The molecule has 0 aromatic carbocycles. The molecular weight excluding hydrogens is 150 g/mol. The minimum absolute atomic E-state index is 0.864. The second-order valence-corrected chi connectivity index (χ2v) is 2.19.